The Morgan fingerprint density at radius 2 is 2.06 bits per heavy atom. The zero-order chi connectivity index (χ0) is 13.1. The van der Waals surface area contributed by atoms with E-state index in [1.807, 2.05) is 0 Å². The van der Waals surface area contributed by atoms with Gasteiger partial charge in [0.15, 0.2) is 0 Å². The van der Waals surface area contributed by atoms with Crippen molar-refractivity contribution in [3.63, 3.8) is 0 Å². The summed E-state index contributed by atoms with van der Waals surface area (Å²) < 4.78 is 5.23. The Kier molecular flexibility index (Phi) is 4.64. The number of amides is 2. The molecule has 1 aliphatic rings. The highest BCUT2D eigenvalue weighted by Gasteiger charge is 2.37. The Morgan fingerprint density at radius 3 is 2.59 bits per heavy atom. The number of carbonyl (C=O) groups excluding carboxylic acids is 2. The molecule has 7 heteroatoms. The molecule has 6 nitrogen and oxygen atoms in total. The van der Waals surface area contributed by atoms with Crippen LogP contribution in [0.1, 0.15) is 20.8 Å². The number of carbonyl (C=O) groups is 2. The second kappa shape index (κ2) is 5.59. The van der Waals surface area contributed by atoms with Crippen molar-refractivity contribution < 1.29 is 19.2 Å². The molecule has 1 aliphatic heterocycles. The lowest BCUT2D eigenvalue weighted by Crippen LogP contribution is -2.48. The summed E-state index contributed by atoms with van der Waals surface area (Å²) in [7, 11) is 1.36. The van der Waals surface area contributed by atoms with E-state index in [1.54, 1.807) is 20.8 Å². The van der Waals surface area contributed by atoms with E-state index in [0.717, 1.165) is 0 Å². The molecule has 0 unspecified atom stereocenters. The van der Waals surface area contributed by atoms with E-state index < -0.39 is 17.7 Å². The Hall–Kier alpha value is -0.950. The van der Waals surface area contributed by atoms with E-state index in [4.69, 9.17) is 4.74 Å². The highest BCUT2D eigenvalue weighted by atomic mass is 32.2. The van der Waals surface area contributed by atoms with E-state index in [0.29, 0.717) is 11.6 Å². The van der Waals surface area contributed by atoms with Crippen LogP contribution in [-0.4, -0.2) is 47.3 Å². The Morgan fingerprint density at radius 1 is 1.41 bits per heavy atom. The second-order valence-electron chi connectivity index (χ2n) is 4.64. The van der Waals surface area contributed by atoms with E-state index in [1.165, 1.54) is 23.8 Å². The van der Waals surface area contributed by atoms with Gasteiger partial charge in [-0.3, -0.25) is 14.5 Å². The van der Waals surface area contributed by atoms with Crippen molar-refractivity contribution in [2.45, 2.75) is 32.4 Å². The van der Waals surface area contributed by atoms with Gasteiger partial charge in [0.1, 0.15) is 11.6 Å². The second-order valence-corrected chi connectivity index (χ2v) is 5.64. The lowest BCUT2D eigenvalue weighted by molar-refractivity contribution is -0.135. The lowest BCUT2D eigenvalue weighted by Gasteiger charge is -2.27. The fraction of sp³-hybridized carbons (Fsp3) is 0.800. The monoisotopic (exact) mass is 262 g/mol. The highest BCUT2D eigenvalue weighted by molar-refractivity contribution is 7.99. The predicted molar refractivity (Wildman–Crippen MR) is 64.3 cm³/mol. The van der Waals surface area contributed by atoms with E-state index >= 15 is 0 Å². The van der Waals surface area contributed by atoms with Crippen molar-refractivity contribution in [2.24, 2.45) is 0 Å². The molecule has 2 amide bonds. The third-order valence-corrected chi connectivity index (χ3v) is 3.03. The first kappa shape index (κ1) is 14.1. The molecule has 17 heavy (non-hydrogen) atoms. The molecule has 1 heterocycles. The molecule has 0 spiro atoms. The van der Waals surface area contributed by atoms with Crippen LogP contribution in [-0.2, 0) is 14.4 Å². The van der Waals surface area contributed by atoms with Crippen LogP contribution in [0.2, 0.25) is 0 Å². The first-order valence-corrected chi connectivity index (χ1v) is 6.41. The van der Waals surface area contributed by atoms with Gasteiger partial charge in [-0.2, -0.15) is 0 Å². The minimum Gasteiger partial charge on any atom is -0.444 e. The lowest BCUT2D eigenvalue weighted by atomic mass is 10.2. The highest BCUT2D eigenvalue weighted by Crippen LogP contribution is 2.23. The van der Waals surface area contributed by atoms with Crippen molar-refractivity contribution in [3.8, 4) is 0 Å². The van der Waals surface area contributed by atoms with Crippen LogP contribution in [0, 0.1) is 0 Å². The number of hydroxylamine groups is 1. The van der Waals surface area contributed by atoms with Gasteiger partial charge < -0.3 is 4.74 Å². The molecule has 1 saturated heterocycles. The maximum Gasteiger partial charge on any atom is 0.411 e. The third kappa shape index (κ3) is 4.08. The van der Waals surface area contributed by atoms with Gasteiger partial charge in [-0.1, -0.05) is 0 Å². The molecular formula is C10H18N2O4S. The molecule has 1 rings (SSSR count). The van der Waals surface area contributed by atoms with Crippen LogP contribution in [0.15, 0.2) is 0 Å². The van der Waals surface area contributed by atoms with Crippen LogP contribution < -0.4 is 5.48 Å². The maximum absolute atomic E-state index is 11.8. The Balaban J connectivity index is 2.63. The SMILES string of the molecule is CONC(=O)[C@@H]1CSCN1C(=O)OC(C)(C)C. The normalized spacial score (nSPS) is 20.2. The molecule has 0 aromatic heterocycles. The van der Waals surface area contributed by atoms with E-state index in [-0.39, 0.29) is 5.91 Å². The molecule has 98 valence electrons. The van der Waals surface area contributed by atoms with Crippen molar-refractivity contribution in [3.05, 3.63) is 0 Å². The third-order valence-electron chi connectivity index (χ3n) is 2.02. The van der Waals surface area contributed by atoms with Crippen molar-refractivity contribution in [1.29, 1.82) is 0 Å². The van der Waals surface area contributed by atoms with E-state index in [2.05, 4.69) is 10.3 Å². The molecule has 1 fully saturated rings. The molecule has 0 aromatic carbocycles. The zero-order valence-corrected chi connectivity index (χ0v) is 11.3. The molecule has 1 atom stereocenters. The molecule has 0 radical (unpaired) electrons. The summed E-state index contributed by atoms with van der Waals surface area (Å²) >= 11 is 1.51. The van der Waals surface area contributed by atoms with Crippen LogP contribution in [0.25, 0.3) is 0 Å². The Labute approximate surface area is 105 Å². The number of hydrogen-bond acceptors (Lipinski definition) is 5. The molecule has 1 N–H and O–H groups in total. The van der Waals surface area contributed by atoms with E-state index in [9.17, 15) is 9.59 Å². The maximum atomic E-state index is 11.8. The van der Waals surface area contributed by atoms with Gasteiger partial charge in [0.25, 0.3) is 5.91 Å². The zero-order valence-electron chi connectivity index (χ0n) is 10.5. The van der Waals surface area contributed by atoms with Crippen LogP contribution >= 0.6 is 11.8 Å². The summed E-state index contributed by atoms with van der Waals surface area (Å²) in [4.78, 5) is 29.4. The fourth-order valence-corrected chi connectivity index (χ4v) is 2.47. The van der Waals surface area contributed by atoms with Gasteiger partial charge in [-0.05, 0) is 20.8 Å². The number of ether oxygens (including phenoxy) is 1. The van der Waals surface area contributed by atoms with Crippen molar-refractivity contribution >= 4 is 23.8 Å². The molecule has 0 aliphatic carbocycles. The van der Waals surface area contributed by atoms with Gasteiger partial charge in [0.05, 0.1) is 13.0 Å². The molecular weight excluding hydrogens is 244 g/mol. The molecule has 0 saturated carbocycles. The average molecular weight is 262 g/mol. The first-order chi connectivity index (χ1) is 7.85. The minimum absolute atomic E-state index is 0.330. The quantitative estimate of drug-likeness (QED) is 0.751. The summed E-state index contributed by atoms with van der Waals surface area (Å²) in [5, 5.41) is 0. The molecule has 0 aromatic rings. The van der Waals surface area contributed by atoms with Gasteiger partial charge in [-0.25, -0.2) is 10.3 Å². The number of rotatable bonds is 2. The van der Waals surface area contributed by atoms with Gasteiger partial charge >= 0.3 is 6.09 Å². The van der Waals surface area contributed by atoms with Gasteiger partial charge in [0, 0.05) is 5.75 Å². The summed E-state index contributed by atoms with van der Waals surface area (Å²) in [6.07, 6.45) is -0.473. The number of thioether (sulfide) groups is 1. The summed E-state index contributed by atoms with van der Waals surface area (Å²) in [5.74, 6) is 0.675. The first-order valence-electron chi connectivity index (χ1n) is 5.25. The van der Waals surface area contributed by atoms with Crippen LogP contribution in [0.4, 0.5) is 4.79 Å². The van der Waals surface area contributed by atoms with Crippen molar-refractivity contribution in [1.82, 2.24) is 10.4 Å². The summed E-state index contributed by atoms with van der Waals surface area (Å²) in [6, 6.07) is -0.533. The predicted octanol–water partition coefficient (Wildman–Crippen LogP) is 0.974. The largest absolute Gasteiger partial charge is 0.444 e. The molecule has 0 bridgehead atoms. The summed E-state index contributed by atoms with van der Waals surface area (Å²) in [6.45, 7) is 5.37. The summed E-state index contributed by atoms with van der Waals surface area (Å²) in [5.41, 5.74) is 1.67. The Bertz CT molecular complexity index is 303. The van der Waals surface area contributed by atoms with Crippen LogP contribution in [0.3, 0.4) is 0 Å². The number of hydrogen-bond donors (Lipinski definition) is 1. The topological polar surface area (TPSA) is 67.9 Å². The van der Waals surface area contributed by atoms with Gasteiger partial charge in [0.2, 0.25) is 0 Å². The van der Waals surface area contributed by atoms with Gasteiger partial charge in [-0.15, -0.1) is 11.8 Å². The number of nitrogens with one attached hydrogen (secondary N) is 1. The smallest absolute Gasteiger partial charge is 0.411 e. The average Bonchev–Trinajstić information content (AvgIpc) is 2.63. The minimum atomic E-state index is -0.563. The number of nitrogens with zero attached hydrogens (tertiary/aromatic N) is 1. The van der Waals surface area contributed by atoms with Crippen molar-refractivity contribution in [2.75, 3.05) is 18.7 Å². The standard InChI is InChI=1S/C10H18N2O4S/c1-10(2,3)16-9(14)12-6-17-5-7(12)8(13)11-15-4/h7H,5-6H2,1-4H3,(H,11,13)/t7-/m0/s1. The van der Waals surface area contributed by atoms with Crippen LogP contribution in [0.5, 0.6) is 0 Å². The fourth-order valence-electron chi connectivity index (χ4n) is 1.33.